The minimum absolute atomic E-state index is 0.00142. The van der Waals surface area contributed by atoms with Gasteiger partial charge in [0.15, 0.2) is 0 Å². The maximum absolute atomic E-state index is 12.0. The van der Waals surface area contributed by atoms with Crippen molar-refractivity contribution in [2.75, 3.05) is 19.6 Å². The standard InChI is InChI=1S/C15H19ClN2O/c16-13-3-1-12(2-4-13)15(19)17-9-11-7-8-18(10-11)14-5-6-14/h1-4,11,14H,5-10H2,(H,17,19)/t11-/m1/s1. The molecule has 0 bridgehead atoms. The van der Waals surface area contributed by atoms with Gasteiger partial charge in [0, 0.05) is 29.7 Å². The molecule has 0 radical (unpaired) electrons. The molecule has 0 unspecified atom stereocenters. The first-order valence-corrected chi connectivity index (χ1v) is 7.38. The average molecular weight is 279 g/mol. The molecule has 1 heterocycles. The van der Waals surface area contributed by atoms with Crippen molar-refractivity contribution in [3.8, 4) is 0 Å². The third-order valence-electron chi connectivity index (χ3n) is 4.04. The maximum atomic E-state index is 12.0. The van der Waals surface area contributed by atoms with Crippen LogP contribution < -0.4 is 5.32 Å². The van der Waals surface area contributed by atoms with E-state index in [0.29, 0.717) is 16.5 Å². The van der Waals surface area contributed by atoms with Crippen LogP contribution in [-0.2, 0) is 0 Å². The zero-order valence-corrected chi connectivity index (χ0v) is 11.7. The molecule has 1 saturated heterocycles. The molecule has 3 nitrogen and oxygen atoms in total. The van der Waals surface area contributed by atoms with E-state index >= 15 is 0 Å². The molecule has 1 amide bonds. The Hall–Kier alpha value is -1.06. The Bertz CT molecular complexity index is 456. The SMILES string of the molecule is O=C(NC[C@H]1CCN(C2CC2)C1)c1ccc(Cl)cc1. The van der Waals surface area contributed by atoms with Crippen molar-refractivity contribution in [1.29, 1.82) is 0 Å². The lowest BCUT2D eigenvalue weighted by Crippen LogP contribution is -2.31. The number of nitrogens with zero attached hydrogens (tertiary/aromatic N) is 1. The lowest BCUT2D eigenvalue weighted by Gasteiger charge is -2.15. The van der Waals surface area contributed by atoms with Gasteiger partial charge in [0.1, 0.15) is 0 Å². The topological polar surface area (TPSA) is 32.3 Å². The maximum Gasteiger partial charge on any atom is 0.251 e. The number of benzene rings is 1. The van der Waals surface area contributed by atoms with Crippen molar-refractivity contribution in [2.45, 2.75) is 25.3 Å². The van der Waals surface area contributed by atoms with Gasteiger partial charge in [0.2, 0.25) is 0 Å². The molecule has 3 rings (SSSR count). The van der Waals surface area contributed by atoms with E-state index < -0.39 is 0 Å². The summed E-state index contributed by atoms with van der Waals surface area (Å²) in [5.74, 6) is 0.610. The van der Waals surface area contributed by atoms with Gasteiger partial charge in [-0.15, -0.1) is 0 Å². The highest BCUT2D eigenvalue weighted by molar-refractivity contribution is 6.30. The Morgan fingerprint density at radius 2 is 2.00 bits per heavy atom. The smallest absolute Gasteiger partial charge is 0.251 e. The zero-order chi connectivity index (χ0) is 13.2. The van der Waals surface area contributed by atoms with E-state index in [-0.39, 0.29) is 5.91 Å². The fourth-order valence-corrected chi connectivity index (χ4v) is 2.87. The molecule has 0 spiro atoms. The highest BCUT2D eigenvalue weighted by Gasteiger charge is 2.34. The van der Waals surface area contributed by atoms with Crippen LogP contribution in [0.1, 0.15) is 29.6 Å². The molecule has 102 valence electrons. The van der Waals surface area contributed by atoms with Crippen molar-refractivity contribution >= 4 is 17.5 Å². The largest absolute Gasteiger partial charge is 0.352 e. The van der Waals surface area contributed by atoms with Gasteiger partial charge in [0.25, 0.3) is 5.91 Å². The molecule has 1 aliphatic heterocycles. The third-order valence-corrected chi connectivity index (χ3v) is 4.29. The Labute approximate surface area is 118 Å². The van der Waals surface area contributed by atoms with E-state index in [1.807, 2.05) is 0 Å². The molecule has 19 heavy (non-hydrogen) atoms. The summed E-state index contributed by atoms with van der Waals surface area (Å²) in [6, 6.07) is 7.88. The Balaban J connectivity index is 1.46. The lowest BCUT2D eigenvalue weighted by atomic mass is 10.1. The lowest BCUT2D eigenvalue weighted by molar-refractivity contribution is 0.0947. The molecule has 1 saturated carbocycles. The summed E-state index contributed by atoms with van der Waals surface area (Å²) in [6.45, 7) is 3.13. The molecule has 1 aliphatic carbocycles. The zero-order valence-electron chi connectivity index (χ0n) is 10.9. The van der Waals surface area contributed by atoms with Gasteiger partial charge in [-0.25, -0.2) is 0 Å². The van der Waals surface area contributed by atoms with Crippen molar-refractivity contribution in [1.82, 2.24) is 10.2 Å². The normalized spacial score (nSPS) is 23.5. The van der Waals surface area contributed by atoms with Crippen molar-refractivity contribution in [2.24, 2.45) is 5.92 Å². The first-order valence-electron chi connectivity index (χ1n) is 7.00. The van der Waals surface area contributed by atoms with Gasteiger partial charge >= 0.3 is 0 Å². The first kappa shape index (κ1) is 12.9. The predicted octanol–water partition coefficient (Wildman–Crippen LogP) is 2.55. The van der Waals surface area contributed by atoms with Crippen LogP contribution in [0, 0.1) is 5.92 Å². The summed E-state index contributed by atoms with van der Waals surface area (Å²) in [6.07, 6.45) is 3.94. The van der Waals surface area contributed by atoms with E-state index in [0.717, 1.165) is 19.1 Å². The third kappa shape index (κ3) is 3.28. The summed E-state index contributed by atoms with van der Waals surface area (Å²) in [7, 11) is 0. The predicted molar refractivity (Wildman–Crippen MR) is 76.5 cm³/mol. The van der Waals surface area contributed by atoms with Gasteiger partial charge in [-0.05, 0) is 56.0 Å². The number of carbonyl (C=O) groups excluding carboxylic acids is 1. The minimum atomic E-state index is 0.00142. The second-order valence-electron chi connectivity index (χ2n) is 5.60. The Kier molecular flexibility index (Phi) is 3.76. The van der Waals surface area contributed by atoms with Crippen molar-refractivity contribution in [3.63, 3.8) is 0 Å². The number of hydrogen-bond acceptors (Lipinski definition) is 2. The van der Waals surface area contributed by atoms with Crippen LogP contribution in [0.5, 0.6) is 0 Å². The minimum Gasteiger partial charge on any atom is -0.352 e. The van der Waals surface area contributed by atoms with Crippen LogP contribution in [0.2, 0.25) is 5.02 Å². The van der Waals surface area contributed by atoms with E-state index in [9.17, 15) is 4.79 Å². The van der Waals surface area contributed by atoms with Crippen LogP contribution in [0.4, 0.5) is 0 Å². The summed E-state index contributed by atoms with van der Waals surface area (Å²) in [5, 5.41) is 3.69. The summed E-state index contributed by atoms with van der Waals surface area (Å²) in [4.78, 5) is 14.5. The number of rotatable bonds is 4. The molecule has 4 heteroatoms. The number of amides is 1. The Morgan fingerprint density at radius 3 is 2.68 bits per heavy atom. The van der Waals surface area contributed by atoms with E-state index in [4.69, 9.17) is 11.6 Å². The number of hydrogen-bond donors (Lipinski definition) is 1. The van der Waals surface area contributed by atoms with Gasteiger partial charge in [-0.2, -0.15) is 0 Å². The number of halogens is 1. The van der Waals surface area contributed by atoms with Crippen LogP contribution in [0.25, 0.3) is 0 Å². The fourth-order valence-electron chi connectivity index (χ4n) is 2.74. The molecule has 2 aliphatic rings. The van der Waals surface area contributed by atoms with Crippen LogP contribution in [0.15, 0.2) is 24.3 Å². The second kappa shape index (κ2) is 5.51. The number of carbonyl (C=O) groups is 1. The Morgan fingerprint density at radius 1 is 1.26 bits per heavy atom. The molecule has 1 aromatic carbocycles. The quantitative estimate of drug-likeness (QED) is 0.918. The van der Waals surface area contributed by atoms with Crippen LogP contribution in [-0.4, -0.2) is 36.5 Å². The fraction of sp³-hybridized carbons (Fsp3) is 0.533. The molecule has 1 aromatic rings. The molecule has 1 atom stereocenters. The molecule has 1 N–H and O–H groups in total. The van der Waals surface area contributed by atoms with Gasteiger partial charge in [-0.3, -0.25) is 4.79 Å². The summed E-state index contributed by atoms with van der Waals surface area (Å²) in [5.41, 5.74) is 0.682. The van der Waals surface area contributed by atoms with E-state index in [1.54, 1.807) is 24.3 Å². The second-order valence-corrected chi connectivity index (χ2v) is 6.03. The molecule has 0 aromatic heterocycles. The first-order chi connectivity index (χ1) is 9.22. The van der Waals surface area contributed by atoms with E-state index in [1.165, 1.54) is 25.8 Å². The van der Waals surface area contributed by atoms with Gasteiger partial charge in [-0.1, -0.05) is 11.6 Å². The van der Waals surface area contributed by atoms with Crippen molar-refractivity contribution < 1.29 is 4.79 Å². The highest BCUT2D eigenvalue weighted by Crippen LogP contribution is 2.31. The number of likely N-dealkylation sites (tertiary alicyclic amines) is 1. The molecular formula is C15H19ClN2O. The van der Waals surface area contributed by atoms with Crippen molar-refractivity contribution in [3.05, 3.63) is 34.9 Å². The number of nitrogens with one attached hydrogen (secondary N) is 1. The monoisotopic (exact) mass is 278 g/mol. The highest BCUT2D eigenvalue weighted by atomic mass is 35.5. The molecule has 2 fully saturated rings. The molecular weight excluding hydrogens is 260 g/mol. The summed E-state index contributed by atoms with van der Waals surface area (Å²) >= 11 is 5.81. The average Bonchev–Trinajstić information content (AvgIpc) is 3.16. The van der Waals surface area contributed by atoms with Crippen LogP contribution in [0.3, 0.4) is 0 Å². The van der Waals surface area contributed by atoms with Gasteiger partial charge in [0.05, 0.1) is 0 Å². The van der Waals surface area contributed by atoms with E-state index in [2.05, 4.69) is 10.2 Å². The van der Waals surface area contributed by atoms with Crippen LogP contribution >= 0.6 is 11.6 Å². The summed E-state index contributed by atoms with van der Waals surface area (Å²) < 4.78 is 0. The van der Waals surface area contributed by atoms with Gasteiger partial charge < -0.3 is 10.2 Å².